The monoisotopic (exact) mass is 382 g/mol. The summed E-state index contributed by atoms with van der Waals surface area (Å²) in [4.78, 5) is 17.1. The highest BCUT2D eigenvalue weighted by Gasteiger charge is 2.22. The number of amides is 1. The lowest BCUT2D eigenvalue weighted by Gasteiger charge is -2.16. The second-order valence-electron chi connectivity index (χ2n) is 5.37. The lowest BCUT2D eigenvalue weighted by molar-refractivity contribution is -0.0258. The molecule has 2 aromatic carbocycles. The summed E-state index contributed by atoms with van der Waals surface area (Å²) in [5.41, 5.74) is 1.13. The Bertz CT molecular complexity index is 853. The fraction of sp³-hybridized carbons (Fsp3) is 0.235. The van der Waals surface area contributed by atoms with Crippen LogP contribution in [0.25, 0.3) is 0 Å². The summed E-state index contributed by atoms with van der Waals surface area (Å²) in [5, 5.41) is 3.45. The van der Waals surface area contributed by atoms with Crippen LogP contribution in [0.2, 0.25) is 5.02 Å². The van der Waals surface area contributed by atoms with Crippen LogP contribution in [0, 0.1) is 0 Å². The van der Waals surface area contributed by atoms with Crippen molar-refractivity contribution in [2.45, 2.75) is 17.9 Å². The number of hydrogen-bond donors (Lipinski definition) is 1. The molecule has 0 saturated carbocycles. The highest BCUT2D eigenvalue weighted by Crippen LogP contribution is 2.19. The van der Waals surface area contributed by atoms with Crippen LogP contribution in [0.5, 0.6) is 0 Å². The van der Waals surface area contributed by atoms with E-state index in [1.807, 2.05) is 19.1 Å². The highest BCUT2D eigenvalue weighted by molar-refractivity contribution is 7.89. The zero-order valence-corrected chi connectivity index (χ0v) is 15.6. The Labute approximate surface area is 152 Å². The Kier molecular flexibility index (Phi) is 6.18. The van der Waals surface area contributed by atoms with Gasteiger partial charge in [-0.15, -0.1) is 0 Å². The van der Waals surface area contributed by atoms with Gasteiger partial charge in [0.15, 0.2) is 0 Å². The van der Waals surface area contributed by atoms with E-state index in [0.29, 0.717) is 5.02 Å². The van der Waals surface area contributed by atoms with Gasteiger partial charge >= 0.3 is 0 Å². The van der Waals surface area contributed by atoms with E-state index in [0.717, 1.165) is 10.0 Å². The lowest BCUT2D eigenvalue weighted by Crippen LogP contribution is -2.28. The number of carbonyl (C=O) groups excluding carboxylic acids is 1. The lowest BCUT2D eigenvalue weighted by atomic mass is 10.1. The number of nitrogens with zero attached hydrogens (tertiary/aromatic N) is 1. The van der Waals surface area contributed by atoms with Crippen molar-refractivity contribution >= 4 is 27.5 Å². The van der Waals surface area contributed by atoms with Crippen molar-refractivity contribution in [3.05, 3.63) is 64.7 Å². The number of halogens is 1. The predicted octanol–water partition coefficient (Wildman–Crippen LogP) is 3.01. The molecule has 0 aromatic heterocycles. The average Bonchev–Trinajstić information content (AvgIpc) is 2.61. The molecule has 0 unspecified atom stereocenters. The Morgan fingerprint density at radius 2 is 1.84 bits per heavy atom. The SMILES string of the molecule is CON(C)S(=O)(=O)c1cccc(C(=O)N[C@@H](C)c2ccc(Cl)cc2)c1. The third-order valence-electron chi connectivity index (χ3n) is 3.71. The molecule has 0 aliphatic carbocycles. The molecule has 134 valence electrons. The third-order valence-corrected chi connectivity index (χ3v) is 5.63. The van der Waals surface area contributed by atoms with Gasteiger partial charge in [-0.25, -0.2) is 8.42 Å². The topological polar surface area (TPSA) is 75.7 Å². The Hall–Kier alpha value is -1.93. The molecule has 0 bridgehead atoms. The molecule has 0 saturated heterocycles. The van der Waals surface area contributed by atoms with Gasteiger partial charge in [0.1, 0.15) is 0 Å². The molecule has 0 fully saturated rings. The van der Waals surface area contributed by atoms with E-state index in [-0.39, 0.29) is 22.4 Å². The zero-order chi connectivity index (χ0) is 18.6. The molecule has 25 heavy (non-hydrogen) atoms. The van der Waals surface area contributed by atoms with Crippen molar-refractivity contribution in [2.24, 2.45) is 0 Å². The van der Waals surface area contributed by atoms with E-state index < -0.39 is 10.0 Å². The highest BCUT2D eigenvalue weighted by atomic mass is 35.5. The van der Waals surface area contributed by atoms with Gasteiger partial charge in [0.25, 0.3) is 15.9 Å². The first-order chi connectivity index (χ1) is 11.8. The quantitative estimate of drug-likeness (QED) is 0.779. The number of carbonyl (C=O) groups is 1. The van der Waals surface area contributed by atoms with E-state index in [1.54, 1.807) is 18.2 Å². The van der Waals surface area contributed by atoms with Crippen molar-refractivity contribution < 1.29 is 18.0 Å². The van der Waals surface area contributed by atoms with E-state index >= 15 is 0 Å². The van der Waals surface area contributed by atoms with Gasteiger partial charge in [-0.2, -0.15) is 0 Å². The van der Waals surface area contributed by atoms with Crippen molar-refractivity contribution in [1.29, 1.82) is 0 Å². The molecule has 1 atom stereocenters. The van der Waals surface area contributed by atoms with Crippen molar-refractivity contribution in [1.82, 2.24) is 9.79 Å². The van der Waals surface area contributed by atoms with Gasteiger partial charge in [0, 0.05) is 17.6 Å². The van der Waals surface area contributed by atoms with Crippen molar-refractivity contribution in [3.63, 3.8) is 0 Å². The molecule has 0 spiro atoms. The molecule has 0 aliphatic rings. The Morgan fingerprint density at radius 1 is 1.20 bits per heavy atom. The minimum absolute atomic E-state index is 0.0244. The summed E-state index contributed by atoms with van der Waals surface area (Å²) in [5.74, 6) is -0.375. The maximum atomic E-state index is 12.4. The second kappa shape index (κ2) is 7.97. The average molecular weight is 383 g/mol. The third kappa shape index (κ3) is 4.58. The van der Waals surface area contributed by atoms with Crippen LogP contribution in [-0.2, 0) is 14.9 Å². The van der Waals surface area contributed by atoms with Crippen molar-refractivity contribution in [3.8, 4) is 0 Å². The zero-order valence-electron chi connectivity index (χ0n) is 14.1. The summed E-state index contributed by atoms with van der Waals surface area (Å²) in [6.45, 7) is 1.83. The standard InChI is InChI=1S/C17H19ClN2O4S/c1-12(13-7-9-15(18)10-8-13)19-17(21)14-5-4-6-16(11-14)25(22,23)20(2)24-3/h4-12H,1-3H3,(H,19,21)/t12-/m0/s1. The summed E-state index contributed by atoms with van der Waals surface area (Å²) in [6.07, 6.45) is 0. The molecule has 1 N–H and O–H groups in total. The number of hydroxylamine groups is 1. The summed E-state index contributed by atoms with van der Waals surface area (Å²) in [7, 11) is -1.28. The first-order valence-electron chi connectivity index (χ1n) is 7.45. The van der Waals surface area contributed by atoms with E-state index in [9.17, 15) is 13.2 Å². The summed E-state index contributed by atoms with van der Waals surface area (Å²) >= 11 is 5.86. The van der Waals surface area contributed by atoms with Crippen LogP contribution in [0.4, 0.5) is 0 Å². The maximum Gasteiger partial charge on any atom is 0.264 e. The van der Waals surface area contributed by atoms with Crippen LogP contribution in [0.15, 0.2) is 53.4 Å². The molecular formula is C17H19ClN2O4S. The minimum atomic E-state index is -3.81. The van der Waals surface area contributed by atoms with Gasteiger partial charge in [-0.1, -0.05) is 34.3 Å². The number of rotatable bonds is 6. The van der Waals surface area contributed by atoms with E-state index in [2.05, 4.69) is 5.32 Å². The molecule has 2 aromatic rings. The molecule has 0 aliphatic heterocycles. The van der Waals surface area contributed by atoms with Gasteiger partial charge in [0.05, 0.1) is 18.0 Å². The number of nitrogens with one attached hydrogen (secondary N) is 1. The van der Waals surface area contributed by atoms with E-state index in [1.165, 1.54) is 32.4 Å². The molecule has 6 nitrogen and oxygen atoms in total. The Morgan fingerprint density at radius 3 is 2.44 bits per heavy atom. The first kappa shape index (κ1) is 19.4. The largest absolute Gasteiger partial charge is 0.346 e. The second-order valence-corrected chi connectivity index (χ2v) is 7.74. The number of sulfonamides is 1. The van der Waals surface area contributed by atoms with Gasteiger partial charge < -0.3 is 5.32 Å². The van der Waals surface area contributed by atoms with Gasteiger partial charge in [0.2, 0.25) is 0 Å². The minimum Gasteiger partial charge on any atom is -0.346 e. The molecule has 1 amide bonds. The molecule has 0 radical (unpaired) electrons. The van der Waals surface area contributed by atoms with Crippen LogP contribution < -0.4 is 5.32 Å². The Balaban J connectivity index is 2.20. The molecule has 0 heterocycles. The molecule has 8 heteroatoms. The van der Waals surface area contributed by atoms with Crippen LogP contribution in [0.1, 0.15) is 28.9 Å². The molecular weight excluding hydrogens is 364 g/mol. The van der Waals surface area contributed by atoms with Crippen LogP contribution >= 0.6 is 11.6 Å². The number of benzene rings is 2. The van der Waals surface area contributed by atoms with Crippen LogP contribution in [0.3, 0.4) is 0 Å². The maximum absolute atomic E-state index is 12.4. The van der Waals surface area contributed by atoms with E-state index in [4.69, 9.17) is 16.4 Å². The van der Waals surface area contributed by atoms with Crippen LogP contribution in [-0.4, -0.2) is 33.0 Å². The van der Waals surface area contributed by atoms with Crippen molar-refractivity contribution in [2.75, 3.05) is 14.2 Å². The summed E-state index contributed by atoms with van der Waals surface area (Å²) in [6, 6.07) is 12.7. The van der Waals surface area contributed by atoms with Gasteiger partial charge in [-0.05, 0) is 42.8 Å². The van der Waals surface area contributed by atoms with Gasteiger partial charge in [-0.3, -0.25) is 9.63 Å². The smallest absolute Gasteiger partial charge is 0.264 e. The number of hydrogen-bond acceptors (Lipinski definition) is 4. The fourth-order valence-corrected chi connectivity index (χ4v) is 3.30. The molecule has 2 rings (SSSR count). The fourth-order valence-electron chi connectivity index (χ4n) is 2.16. The predicted molar refractivity (Wildman–Crippen MR) is 95.7 cm³/mol. The normalized spacial score (nSPS) is 12.8. The first-order valence-corrected chi connectivity index (χ1v) is 9.27. The summed E-state index contributed by atoms with van der Waals surface area (Å²) < 4.78 is 25.3.